The van der Waals surface area contributed by atoms with E-state index in [0.29, 0.717) is 66.0 Å². The Balaban J connectivity index is 1.42. The summed E-state index contributed by atoms with van der Waals surface area (Å²) >= 11 is 1.44. The third-order valence-corrected chi connectivity index (χ3v) is 8.29. The zero-order valence-electron chi connectivity index (χ0n) is 22.5. The summed E-state index contributed by atoms with van der Waals surface area (Å²) in [5.41, 5.74) is 2.09. The normalized spacial score (nSPS) is 20.5. The maximum Gasteiger partial charge on any atom is 0.338 e. The van der Waals surface area contributed by atoms with E-state index in [0.717, 1.165) is 25.9 Å². The molecule has 3 aliphatic heterocycles. The van der Waals surface area contributed by atoms with E-state index < -0.39 is 12.0 Å². The number of esters is 1. The SMILES string of the molecule is CCOC(=O)C1=C(CN2CCN(C(=O)N3CCCCC3)CC2)NC(c2nccs2)=NC1c1cccc(F)c1C. The quantitative estimate of drug-likeness (QED) is 0.548. The van der Waals surface area contributed by atoms with E-state index >= 15 is 0 Å². The highest BCUT2D eigenvalue weighted by Gasteiger charge is 2.35. The number of carbonyl (C=O) groups excluding carboxylic acids is 2. The molecule has 2 saturated heterocycles. The lowest BCUT2D eigenvalue weighted by Crippen LogP contribution is -2.54. The van der Waals surface area contributed by atoms with Gasteiger partial charge in [-0.2, -0.15) is 0 Å². The molecule has 0 spiro atoms. The van der Waals surface area contributed by atoms with Crippen molar-refractivity contribution >= 4 is 29.2 Å². The molecule has 5 rings (SSSR count). The molecule has 2 fully saturated rings. The Kier molecular flexibility index (Phi) is 8.56. The number of halogens is 1. The van der Waals surface area contributed by atoms with Gasteiger partial charge in [0, 0.05) is 63.1 Å². The minimum Gasteiger partial charge on any atom is -0.463 e. The largest absolute Gasteiger partial charge is 0.463 e. The fourth-order valence-corrected chi connectivity index (χ4v) is 5.96. The van der Waals surface area contributed by atoms with Crippen LogP contribution in [0.4, 0.5) is 9.18 Å². The van der Waals surface area contributed by atoms with Gasteiger partial charge >= 0.3 is 12.0 Å². The number of aliphatic imine (C=N–C) groups is 1. The minimum absolute atomic E-state index is 0.122. The number of nitrogens with zero attached hydrogens (tertiary/aromatic N) is 5. The van der Waals surface area contributed by atoms with Crippen LogP contribution in [0.3, 0.4) is 0 Å². The second-order valence-corrected chi connectivity index (χ2v) is 10.9. The molecule has 1 unspecified atom stereocenters. The number of ether oxygens (including phenoxy) is 1. The molecule has 1 aromatic heterocycles. The predicted molar refractivity (Wildman–Crippen MR) is 148 cm³/mol. The van der Waals surface area contributed by atoms with Crippen molar-refractivity contribution in [3.05, 3.63) is 63.0 Å². The summed E-state index contributed by atoms with van der Waals surface area (Å²) in [5.74, 6) is -0.286. The van der Waals surface area contributed by atoms with E-state index in [1.807, 2.05) is 15.2 Å². The number of nitrogens with one attached hydrogen (secondary N) is 1. The van der Waals surface area contributed by atoms with Crippen molar-refractivity contribution in [1.29, 1.82) is 0 Å². The third-order valence-electron chi connectivity index (χ3n) is 7.51. The summed E-state index contributed by atoms with van der Waals surface area (Å²) in [6.45, 7) is 8.37. The van der Waals surface area contributed by atoms with Crippen molar-refractivity contribution in [2.75, 3.05) is 52.4 Å². The Hall–Kier alpha value is -3.31. The van der Waals surface area contributed by atoms with Crippen LogP contribution < -0.4 is 5.32 Å². The molecule has 3 aliphatic rings. The molecule has 1 atom stereocenters. The number of hydrogen-bond donors (Lipinski definition) is 1. The lowest BCUT2D eigenvalue weighted by atomic mass is 9.92. The van der Waals surface area contributed by atoms with Crippen LogP contribution in [0, 0.1) is 12.7 Å². The number of piperidine rings is 1. The summed E-state index contributed by atoms with van der Waals surface area (Å²) in [6, 6.07) is 4.23. The van der Waals surface area contributed by atoms with Gasteiger partial charge in [-0.05, 0) is 50.3 Å². The molecule has 4 heterocycles. The number of amidine groups is 1. The lowest BCUT2D eigenvalue weighted by molar-refractivity contribution is -0.139. The summed E-state index contributed by atoms with van der Waals surface area (Å²) in [7, 11) is 0. The number of thiazole rings is 1. The maximum atomic E-state index is 14.6. The molecule has 9 nitrogen and oxygen atoms in total. The summed E-state index contributed by atoms with van der Waals surface area (Å²) in [4.78, 5) is 41.8. The van der Waals surface area contributed by atoms with Crippen LogP contribution in [0.15, 0.2) is 46.0 Å². The number of urea groups is 1. The number of amides is 2. The van der Waals surface area contributed by atoms with Gasteiger partial charge in [-0.1, -0.05) is 12.1 Å². The van der Waals surface area contributed by atoms with E-state index in [1.54, 1.807) is 32.2 Å². The molecule has 208 valence electrons. The molecule has 11 heteroatoms. The van der Waals surface area contributed by atoms with Crippen molar-refractivity contribution in [3.8, 4) is 0 Å². The number of aromatic nitrogens is 1. The molecular weight excluding hydrogens is 519 g/mol. The average molecular weight is 555 g/mol. The van der Waals surface area contributed by atoms with Crippen molar-refractivity contribution in [2.24, 2.45) is 4.99 Å². The predicted octanol–water partition coefficient (Wildman–Crippen LogP) is 3.72. The Labute approximate surface area is 232 Å². The topological polar surface area (TPSA) is 90.4 Å². The smallest absolute Gasteiger partial charge is 0.338 e. The van der Waals surface area contributed by atoms with E-state index in [1.165, 1.54) is 23.8 Å². The Morgan fingerprint density at radius 2 is 1.85 bits per heavy atom. The van der Waals surface area contributed by atoms with Crippen molar-refractivity contribution in [3.63, 3.8) is 0 Å². The molecule has 39 heavy (non-hydrogen) atoms. The number of benzene rings is 1. The van der Waals surface area contributed by atoms with Crippen LogP contribution in [0.5, 0.6) is 0 Å². The average Bonchev–Trinajstić information content (AvgIpc) is 3.50. The molecule has 0 aliphatic carbocycles. The second kappa shape index (κ2) is 12.3. The highest BCUT2D eigenvalue weighted by molar-refractivity contribution is 7.11. The molecule has 0 radical (unpaired) electrons. The van der Waals surface area contributed by atoms with Gasteiger partial charge < -0.3 is 19.9 Å². The van der Waals surface area contributed by atoms with Crippen LogP contribution in [-0.2, 0) is 9.53 Å². The number of hydrogen-bond acceptors (Lipinski definition) is 8. The van der Waals surface area contributed by atoms with Crippen LogP contribution >= 0.6 is 11.3 Å². The van der Waals surface area contributed by atoms with Gasteiger partial charge in [0.2, 0.25) is 0 Å². The van der Waals surface area contributed by atoms with Gasteiger partial charge in [-0.25, -0.2) is 19.0 Å². The van der Waals surface area contributed by atoms with Crippen molar-refractivity contribution in [2.45, 2.75) is 39.2 Å². The fourth-order valence-electron chi connectivity index (χ4n) is 5.37. The number of piperazine rings is 1. The molecule has 0 saturated carbocycles. The first-order valence-corrected chi connectivity index (χ1v) is 14.5. The second-order valence-electron chi connectivity index (χ2n) is 10.0. The maximum absolute atomic E-state index is 14.6. The zero-order valence-corrected chi connectivity index (χ0v) is 23.3. The van der Waals surface area contributed by atoms with E-state index in [9.17, 15) is 14.0 Å². The van der Waals surface area contributed by atoms with Crippen LogP contribution in [0.1, 0.15) is 48.4 Å². The van der Waals surface area contributed by atoms with Crippen molar-refractivity contribution < 1.29 is 18.7 Å². The van der Waals surface area contributed by atoms with Gasteiger partial charge in [0.15, 0.2) is 10.8 Å². The lowest BCUT2D eigenvalue weighted by Gasteiger charge is -2.39. The summed E-state index contributed by atoms with van der Waals surface area (Å²) in [5, 5.41) is 5.92. The van der Waals surface area contributed by atoms with Crippen LogP contribution in [0.2, 0.25) is 0 Å². The molecule has 2 aromatic rings. The van der Waals surface area contributed by atoms with E-state index in [-0.39, 0.29) is 18.5 Å². The van der Waals surface area contributed by atoms with E-state index in [2.05, 4.69) is 15.2 Å². The van der Waals surface area contributed by atoms with Gasteiger partial charge in [0.25, 0.3) is 0 Å². The van der Waals surface area contributed by atoms with Crippen LogP contribution in [0.25, 0.3) is 0 Å². The van der Waals surface area contributed by atoms with Crippen molar-refractivity contribution in [1.82, 2.24) is 25.0 Å². The highest BCUT2D eigenvalue weighted by Crippen LogP contribution is 2.35. The molecule has 2 amide bonds. The first-order chi connectivity index (χ1) is 19.0. The fraction of sp³-hybridized carbons (Fsp3) is 0.500. The highest BCUT2D eigenvalue weighted by atomic mass is 32.1. The van der Waals surface area contributed by atoms with Gasteiger partial charge in [-0.3, -0.25) is 9.89 Å². The minimum atomic E-state index is -0.739. The molecule has 1 N–H and O–H groups in total. The molecule has 0 bridgehead atoms. The molecular formula is C28H35FN6O3S. The Bertz CT molecular complexity index is 1250. The molecule has 1 aromatic carbocycles. The number of rotatable bonds is 6. The Morgan fingerprint density at radius 1 is 1.10 bits per heavy atom. The van der Waals surface area contributed by atoms with E-state index in [4.69, 9.17) is 9.73 Å². The first-order valence-electron chi connectivity index (χ1n) is 13.6. The number of carbonyl (C=O) groups is 2. The third kappa shape index (κ3) is 5.99. The Morgan fingerprint density at radius 3 is 2.54 bits per heavy atom. The van der Waals surface area contributed by atoms with Gasteiger partial charge in [0.05, 0.1) is 12.2 Å². The first kappa shape index (κ1) is 27.3. The standard InChI is InChI=1S/C28H35FN6O3S/c1-3-38-27(36)23-22(18-33-13-15-35(16-14-33)28(37)34-11-5-4-6-12-34)31-25(26-30-10-17-39-26)32-24(23)20-8-7-9-21(29)19(20)2/h7-10,17,24H,3-6,11-16,18H2,1-2H3,(H,31,32). The number of likely N-dealkylation sites (tertiary alicyclic amines) is 1. The monoisotopic (exact) mass is 554 g/mol. The van der Waals surface area contributed by atoms with Crippen LogP contribution in [-0.4, -0.2) is 89.9 Å². The van der Waals surface area contributed by atoms with Gasteiger partial charge in [-0.15, -0.1) is 11.3 Å². The summed E-state index contributed by atoms with van der Waals surface area (Å²) < 4.78 is 20.1. The zero-order chi connectivity index (χ0) is 27.4. The summed E-state index contributed by atoms with van der Waals surface area (Å²) in [6.07, 6.45) is 5.02. The van der Waals surface area contributed by atoms with Gasteiger partial charge in [0.1, 0.15) is 11.9 Å².